The molecule has 1 atom stereocenters. The molecule has 4 nitrogen and oxygen atoms in total. The lowest BCUT2D eigenvalue weighted by Crippen LogP contribution is -2.48. The van der Waals surface area contributed by atoms with Gasteiger partial charge in [0.25, 0.3) is 0 Å². The number of nitrogens with zero attached hydrogens (tertiary/aromatic N) is 1. The number of aryl methyl sites for hydroxylation is 1. The summed E-state index contributed by atoms with van der Waals surface area (Å²) in [7, 11) is 0. The standard InChI is InChI=1S/C27H36Cl2N2O2/c1-6-7-17-30-26(33)19(2)31(18-22-23(28)9-8-10-24(22)29)25(32)16-13-20-11-14-21(15-12-20)27(3,4)5/h8-12,14-15,19H,6-7,13,16-18H2,1-5H3,(H,30,33)/t19-/m1/s1. The first-order valence-corrected chi connectivity index (χ1v) is 12.4. The topological polar surface area (TPSA) is 49.4 Å². The zero-order valence-electron chi connectivity index (χ0n) is 20.4. The second kappa shape index (κ2) is 12.4. The van der Waals surface area contributed by atoms with E-state index in [-0.39, 0.29) is 23.8 Å². The summed E-state index contributed by atoms with van der Waals surface area (Å²) < 4.78 is 0. The maximum Gasteiger partial charge on any atom is 0.242 e. The van der Waals surface area contributed by atoms with Gasteiger partial charge in [0.15, 0.2) is 0 Å². The lowest BCUT2D eigenvalue weighted by atomic mass is 9.86. The van der Waals surface area contributed by atoms with Crippen molar-refractivity contribution in [2.45, 2.75) is 78.3 Å². The third-order valence-electron chi connectivity index (χ3n) is 5.83. The molecule has 2 aromatic rings. The smallest absolute Gasteiger partial charge is 0.242 e. The van der Waals surface area contributed by atoms with Crippen LogP contribution in [0.25, 0.3) is 0 Å². The van der Waals surface area contributed by atoms with Gasteiger partial charge in [-0.3, -0.25) is 9.59 Å². The van der Waals surface area contributed by atoms with Crippen molar-refractivity contribution in [3.8, 4) is 0 Å². The van der Waals surface area contributed by atoms with Crippen LogP contribution in [0.1, 0.15) is 70.6 Å². The van der Waals surface area contributed by atoms with Gasteiger partial charge in [-0.15, -0.1) is 0 Å². The fraction of sp³-hybridized carbons (Fsp3) is 0.481. The molecular formula is C27H36Cl2N2O2. The normalized spacial score (nSPS) is 12.3. The lowest BCUT2D eigenvalue weighted by molar-refractivity contribution is -0.140. The van der Waals surface area contributed by atoms with Gasteiger partial charge in [0.05, 0.1) is 0 Å². The third-order valence-corrected chi connectivity index (χ3v) is 6.54. The summed E-state index contributed by atoms with van der Waals surface area (Å²) >= 11 is 12.7. The maximum absolute atomic E-state index is 13.3. The van der Waals surface area contributed by atoms with Crippen molar-refractivity contribution < 1.29 is 9.59 Å². The first kappa shape index (κ1) is 27.2. The molecule has 0 bridgehead atoms. The Balaban J connectivity index is 2.17. The zero-order chi connectivity index (χ0) is 24.6. The predicted octanol–water partition coefficient (Wildman–Crippen LogP) is 6.56. The van der Waals surface area contributed by atoms with E-state index in [9.17, 15) is 9.59 Å². The minimum absolute atomic E-state index is 0.0833. The van der Waals surface area contributed by atoms with Crippen molar-refractivity contribution in [1.29, 1.82) is 0 Å². The number of halogens is 2. The van der Waals surface area contributed by atoms with Crippen molar-refractivity contribution in [1.82, 2.24) is 10.2 Å². The Bertz CT molecular complexity index is 916. The van der Waals surface area contributed by atoms with Crippen LogP contribution in [0, 0.1) is 0 Å². The van der Waals surface area contributed by atoms with Crippen LogP contribution in [0.4, 0.5) is 0 Å². The Labute approximate surface area is 208 Å². The molecule has 0 fully saturated rings. The Morgan fingerprint density at radius 1 is 1.03 bits per heavy atom. The molecule has 0 spiro atoms. The minimum atomic E-state index is -0.634. The molecule has 33 heavy (non-hydrogen) atoms. The number of rotatable bonds is 10. The van der Waals surface area contributed by atoms with Crippen LogP contribution in [0.5, 0.6) is 0 Å². The van der Waals surface area contributed by atoms with E-state index < -0.39 is 6.04 Å². The number of hydrogen-bond donors (Lipinski definition) is 1. The largest absolute Gasteiger partial charge is 0.354 e. The quantitative estimate of drug-likeness (QED) is 0.383. The van der Waals surface area contributed by atoms with Gasteiger partial charge >= 0.3 is 0 Å². The monoisotopic (exact) mass is 490 g/mol. The summed E-state index contributed by atoms with van der Waals surface area (Å²) in [5, 5.41) is 3.90. The Kier molecular flexibility index (Phi) is 10.2. The molecule has 0 radical (unpaired) electrons. The second-order valence-corrected chi connectivity index (χ2v) is 10.3. The Morgan fingerprint density at radius 2 is 1.64 bits per heavy atom. The molecule has 6 heteroatoms. The highest BCUT2D eigenvalue weighted by molar-refractivity contribution is 6.36. The van der Waals surface area contributed by atoms with Gasteiger partial charge in [-0.1, -0.05) is 87.6 Å². The highest BCUT2D eigenvalue weighted by Crippen LogP contribution is 2.27. The highest BCUT2D eigenvalue weighted by Gasteiger charge is 2.27. The predicted molar refractivity (Wildman–Crippen MR) is 138 cm³/mol. The van der Waals surface area contributed by atoms with Crippen LogP contribution in [0.2, 0.25) is 10.0 Å². The van der Waals surface area contributed by atoms with E-state index >= 15 is 0 Å². The third kappa shape index (κ3) is 8.04. The van der Waals surface area contributed by atoms with Gasteiger partial charge in [-0.2, -0.15) is 0 Å². The van der Waals surface area contributed by atoms with E-state index in [1.807, 2.05) is 0 Å². The second-order valence-electron chi connectivity index (χ2n) is 9.49. The van der Waals surface area contributed by atoms with E-state index in [2.05, 4.69) is 57.3 Å². The SMILES string of the molecule is CCCCNC(=O)[C@@H](C)N(Cc1c(Cl)cccc1Cl)C(=O)CCc1ccc(C(C)(C)C)cc1. The number of unbranched alkanes of at least 4 members (excludes halogenated alkanes) is 1. The number of nitrogens with one attached hydrogen (secondary N) is 1. The molecule has 0 aliphatic carbocycles. The van der Waals surface area contributed by atoms with Crippen LogP contribution in [0.15, 0.2) is 42.5 Å². The van der Waals surface area contributed by atoms with E-state index in [0.29, 0.717) is 35.0 Å². The van der Waals surface area contributed by atoms with Crippen molar-refractivity contribution in [2.75, 3.05) is 6.54 Å². The number of carbonyl (C=O) groups excluding carboxylic acids is 2. The minimum Gasteiger partial charge on any atom is -0.354 e. The maximum atomic E-state index is 13.3. The van der Waals surface area contributed by atoms with Crippen molar-refractivity contribution >= 4 is 35.0 Å². The molecule has 0 aliphatic rings. The highest BCUT2D eigenvalue weighted by atomic mass is 35.5. The lowest BCUT2D eigenvalue weighted by Gasteiger charge is -2.29. The summed E-state index contributed by atoms with van der Waals surface area (Å²) in [4.78, 5) is 27.6. The van der Waals surface area contributed by atoms with Crippen molar-refractivity contribution in [3.63, 3.8) is 0 Å². The summed E-state index contributed by atoms with van der Waals surface area (Å²) in [6.07, 6.45) is 2.78. The summed E-state index contributed by atoms with van der Waals surface area (Å²) in [6.45, 7) is 11.1. The molecular weight excluding hydrogens is 455 g/mol. The van der Waals surface area contributed by atoms with Gasteiger partial charge in [-0.05, 0) is 48.4 Å². The molecule has 180 valence electrons. The molecule has 0 aromatic heterocycles. The zero-order valence-corrected chi connectivity index (χ0v) is 21.9. The van der Waals surface area contributed by atoms with Gasteiger partial charge in [-0.25, -0.2) is 0 Å². The van der Waals surface area contributed by atoms with E-state index in [1.54, 1.807) is 30.0 Å². The molecule has 0 saturated heterocycles. The van der Waals surface area contributed by atoms with E-state index in [1.165, 1.54) is 5.56 Å². The first-order chi connectivity index (χ1) is 15.5. The fourth-order valence-electron chi connectivity index (χ4n) is 3.54. The van der Waals surface area contributed by atoms with E-state index in [0.717, 1.165) is 18.4 Å². The Hall–Kier alpha value is -2.04. The van der Waals surface area contributed by atoms with Crippen LogP contribution >= 0.6 is 23.2 Å². The fourth-order valence-corrected chi connectivity index (χ4v) is 4.06. The average Bonchev–Trinajstić information content (AvgIpc) is 2.76. The molecule has 0 saturated carbocycles. The summed E-state index contributed by atoms with van der Waals surface area (Å²) in [5.74, 6) is -0.279. The van der Waals surface area contributed by atoms with Crippen LogP contribution in [-0.2, 0) is 28.0 Å². The van der Waals surface area contributed by atoms with Crippen molar-refractivity contribution in [2.24, 2.45) is 0 Å². The van der Waals surface area contributed by atoms with Crippen LogP contribution in [0.3, 0.4) is 0 Å². The van der Waals surface area contributed by atoms with Crippen molar-refractivity contribution in [3.05, 3.63) is 69.2 Å². The molecule has 0 heterocycles. The van der Waals surface area contributed by atoms with Gasteiger partial charge in [0, 0.05) is 35.1 Å². The van der Waals surface area contributed by atoms with Crippen LogP contribution < -0.4 is 5.32 Å². The van der Waals surface area contributed by atoms with Crippen LogP contribution in [-0.4, -0.2) is 29.3 Å². The summed E-state index contributed by atoms with van der Waals surface area (Å²) in [5.41, 5.74) is 3.08. The van der Waals surface area contributed by atoms with Gasteiger partial charge in [0.1, 0.15) is 6.04 Å². The average molecular weight is 492 g/mol. The number of amides is 2. The summed E-state index contributed by atoms with van der Waals surface area (Å²) in [6, 6.07) is 13.0. The molecule has 2 aromatic carbocycles. The Morgan fingerprint density at radius 3 is 2.18 bits per heavy atom. The first-order valence-electron chi connectivity index (χ1n) is 11.6. The molecule has 2 amide bonds. The van der Waals surface area contributed by atoms with Gasteiger partial charge in [0.2, 0.25) is 11.8 Å². The number of benzene rings is 2. The molecule has 1 N–H and O–H groups in total. The molecule has 2 rings (SSSR count). The van der Waals surface area contributed by atoms with Gasteiger partial charge < -0.3 is 10.2 Å². The number of hydrogen-bond acceptors (Lipinski definition) is 2. The molecule has 0 unspecified atom stereocenters. The molecule has 0 aliphatic heterocycles. The number of carbonyl (C=O) groups is 2. The van der Waals surface area contributed by atoms with E-state index in [4.69, 9.17) is 23.2 Å².